The Morgan fingerprint density at radius 1 is 1.40 bits per heavy atom. The predicted molar refractivity (Wildman–Crippen MR) is 85.0 cm³/mol. The van der Waals surface area contributed by atoms with E-state index in [0.717, 1.165) is 22.6 Å². The minimum Gasteiger partial charge on any atom is -0.395 e. The van der Waals surface area contributed by atoms with Crippen LogP contribution in [0.4, 0.5) is 0 Å². The third-order valence-corrected chi connectivity index (χ3v) is 4.50. The Bertz CT molecular complexity index is 567. The zero-order valence-electron chi connectivity index (χ0n) is 12.3. The van der Waals surface area contributed by atoms with Gasteiger partial charge >= 0.3 is 0 Å². The molecule has 20 heavy (non-hydrogen) atoms. The number of aromatic nitrogens is 2. The van der Waals surface area contributed by atoms with Crippen LogP contribution >= 0.6 is 11.8 Å². The van der Waals surface area contributed by atoms with E-state index in [2.05, 4.69) is 36.8 Å². The minimum atomic E-state index is -0.0286. The number of thioether (sulfide) groups is 1. The van der Waals surface area contributed by atoms with E-state index in [-0.39, 0.29) is 17.9 Å². The van der Waals surface area contributed by atoms with Gasteiger partial charge in [0.2, 0.25) is 0 Å². The van der Waals surface area contributed by atoms with Gasteiger partial charge in [-0.1, -0.05) is 31.7 Å². The van der Waals surface area contributed by atoms with E-state index in [1.807, 2.05) is 12.1 Å². The second-order valence-electron chi connectivity index (χ2n) is 5.69. The molecule has 0 saturated carbocycles. The lowest BCUT2D eigenvalue weighted by atomic mass is 10.0. The molecule has 0 saturated heterocycles. The first-order valence-electron chi connectivity index (χ1n) is 6.99. The molecular formula is C15H23N3OS. The number of aryl methyl sites for hydroxylation is 1. The second-order valence-corrected chi connectivity index (χ2v) is 6.92. The first kappa shape index (κ1) is 15.4. The molecule has 0 radical (unpaired) electrons. The summed E-state index contributed by atoms with van der Waals surface area (Å²) in [4.78, 5) is 7.84. The first-order chi connectivity index (χ1) is 9.49. The van der Waals surface area contributed by atoms with Crippen LogP contribution in [0.15, 0.2) is 23.4 Å². The summed E-state index contributed by atoms with van der Waals surface area (Å²) in [6.45, 7) is 6.41. The number of hydrogen-bond acceptors (Lipinski definition) is 4. The van der Waals surface area contributed by atoms with Crippen molar-refractivity contribution >= 4 is 22.8 Å². The van der Waals surface area contributed by atoms with E-state index in [4.69, 9.17) is 5.73 Å². The number of imidazole rings is 1. The molecule has 0 fully saturated rings. The van der Waals surface area contributed by atoms with Crippen molar-refractivity contribution in [2.75, 3.05) is 6.61 Å². The number of aromatic amines is 1. The topological polar surface area (TPSA) is 74.9 Å². The molecule has 1 aromatic heterocycles. The molecule has 2 atom stereocenters. The lowest BCUT2D eigenvalue weighted by Crippen LogP contribution is -2.36. The van der Waals surface area contributed by atoms with Gasteiger partial charge in [0.15, 0.2) is 5.16 Å². The lowest BCUT2D eigenvalue weighted by Gasteiger charge is -2.21. The van der Waals surface area contributed by atoms with Crippen molar-refractivity contribution in [1.82, 2.24) is 9.97 Å². The summed E-state index contributed by atoms with van der Waals surface area (Å²) < 4.78 is 0. The van der Waals surface area contributed by atoms with Crippen LogP contribution in [0.1, 0.15) is 25.8 Å². The highest BCUT2D eigenvalue weighted by molar-refractivity contribution is 7.99. The smallest absolute Gasteiger partial charge is 0.166 e. The van der Waals surface area contributed by atoms with Crippen LogP contribution in [0.5, 0.6) is 0 Å². The third-order valence-electron chi connectivity index (χ3n) is 3.28. The Kier molecular flexibility index (Phi) is 5.07. The van der Waals surface area contributed by atoms with Crippen LogP contribution in [-0.2, 0) is 0 Å². The number of H-pyrrole nitrogens is 1. The number of fused-ring (bicyclic) bond motifs is 1. The summed E-state index contributed by atoms with van der Waals surface area (Å²) in [5, 5.41) is 10.3. The van der Waals surface area contributed by atoms with Crippen molar-refractivity contribution in [3.05, 3.63) is 23.8 Å². The monoisotopic (exact) mass is 293 g/mol. The van der Waals surface area contributed by atoms with Gasteiger partial charge in [0.25, 0.3) is 0 Å². The standard InChI is InChI=1S/C15H23N3OS/c1-9(2)6-11(16)14(8-19)20-15-17-12-5-4-10(3)7-13(12)18-15/h4-5,7,9,11,14,19H,6,8,16H2,1-3H3,(H,17,18). The molecule has 1 aromatic carbocycles. The van der Waals surface area contributed by atoms with Crippen LogP contribution in [0.25, 0.3) is 11.0 Å². The SMILES string of the molecule is Cc1ccc2nc(SC(CO)C(N)CC(C)C)[nH]c2c1. The van der Waals surface area contributed by atoms with Gasteiger partial charge in [-0.25, -0.2) is 4.98 Å². The van der Waals surface area contributed by atoms with Crippen LogP contribution in [0.2, 0.25) is 0 Å². The maximum Gasteiger partial charge on any atom is 0.166 e. The molecule has 0 spiro atoms. The normalized spacial score (nSPS) is 14.9. The number of nitrogens with two attached hydrogens (primary N) is 1. The van der Waals surface area contributed by atoms with Crippen LogP contribution in [0.3, 0.4) is 0 Å². The fourth-order valence-corrected chi connectivity index (χ4v) is 3.22. The third kappa shape index (κ3) is 3.75. The Balaban J connectivity index is 2.12. The summed E-state index contributed by atoms with van der Waals surface area (Å²) >= 11 is 1.53. The first-order valence-corrected chi connectivity index (χ1v) is 7.87. The second kappa shape index (κ2) is 6.61. The Morgan fingerprint density at radius 2 is 2.15 bits per heavy atom. The average Bonchev–Trinajstić information content (AvgIpc) is 2.76. The van der Waals surface area contributed by atoms with Crippen molar-refractivity contribution < 1.29 is 5.11 Å². The minimum absolute atomic E-state index is 0.0278. The number of aliphatic hydroxyl groups excluding tert-OH is 1. The molecule has 4 nitrogen and oxygen atoms in total. The summed E-state index contributed by atoms with van der Waals surface area (Å²) in [6, 6.07) is 6.10. The van der Waals surface area contributed by atoms with Crippen molar-refractivity contribution in [3.8, 4) is 0 Å². The van der Waals surface area contributed by atoms with Gasteiger partial charge in [-0.2, -0.15) is 0 Å². The van der Waals surface area contributed by atoms with Gasteiger partial charge < -0.3 is 15.8 Å². The molecule has 0 amide bonds. The van der Waals surface area contributed by atoms with Gasteiger partial charge in [-0.3, -0.25) is 0 Å². The molecule has 0 bridgehead atoms. The molecule has 0 aliphatic heterocycles. The highest BCUT2D eigenvalue weighted by Gasteiger charge is 2.21. The van der Waals surface area contributed by atoms with E-state index >= 15 is 0 Å². The fourth-order valence-electron chi connectivity index (χ4n) is 2.26. The summed E-state index contributed by atoms with van der Waals surface area (Å²) in [5.41, 5.74) is 9.36. The molecule has 110 valence electrons. The van der Waals surface area contributed by atoms with Crippen molar-refractivity contribution in [3.63, 3.8) is 0 Å². The number of nitrogens with one attached hydrogen (secondary N) is 1. The highest BCUT2D eigenvalue weighted by Crippen LogP contribution is 2.26. The maximum atomic E-state index is 9.55. The summed E-state index contributed by atoms with van der Waals surface area (Å²) in [5.74, 6) is 0.526. The number of hydrogen-bond donors (Lipinski definition) is 3. The average molecular weight is 293 g/mol. The fraction of sp³-hybridized carbons (Fsp3) is 0.533. The van der Waals surface area contributed by atoms with Crippen molar-refractivity contribution in [2.45, 2.75) is 43.6 Å². The maximum absolute atomic E-state index is 9.55. The molecular weight excluding hydrogens is 270 g/mol. The van der Waals surface area contributed by atoms with Gasteiger partial charge in [-0.15, -0.1) is 0 Å². The number of nitrogens with zero attached hydrogens (tertiary/aromatic N) is 1. The molecule has 0 aliphatic carbocycles. The van der Waals surface area contributed by atoms with E-state index in [9.17, 15) is 5.11 Å². The molecule has 4 N–H and O–H groups in total. The summed E-state index contributed by atoms with van der Waals surface area (Å²) in [7, 11) is 0. The summed E-state index contributed by atoms with van der Waals surface area (Å²) in [6.07, 6.45) is 0.900. The zero-order valence-corrected chi connectivity index (χ0v) is 13.1. The van der Waals surface area contributed by atoms with Crippen LogP contribution in [0, 0.1) is 12.8 Å². The Hall–Kier alpha value is -1.04. The Morgan fingerprint density at radius 3 is 2.80 bits per heavy atom. The van der Waals surface area contributed by atoms with E-state index in [1.54, 1.807) is 0 Å². The van der Waals surface area contributed by atoms with Gasteiger partial charge in [0.05, 0.1) is 22.9 Å². The molecule has 2 unspecified atom stereocenters. The quantitative estimate of drug-likeness (QED) is 0.716. The van der Waals surface area contributed by atoms with Gasteiger partial charge in [0.1, 0.15) is 0 Å². The van der Waals surface area contributed by atoms with Crippen LogP contribution < -0.4 is 5.73 Å². The van der Waals surface area contributed by atoms with Crippen molar-refractivity contribution in [1.29, 1.82) is 0 Å². The largest absolute Gasteiger partial charge is 0.395 e. The van der Waals surface area contributed by atoms with Crippen LogP contribution in [-0.4, -0.2) is 33.0 Å². The van der Waals surface area contributed by atoms with E-state index in [0.29, 0.717) is 5.92 Å². The molecule has 1 heterocycles. The zero-order chi connectivity index (χ0) is 14.7. The van der Waals surface area contributed by atoms with E-state index in [1.165, 1.54) is 17.3 Å². The van der Waals surface area contributed by atoms with Gasteiger partial charge in [0, 0.05) is 6.04 Å². The van der Waals surface area contributed by atoms with E-state index < -0.39 is 0 Å². The molecule has 0 aliphatic rings. The predicted octanol–water partition coefficient (Wildman–Crippen LogP) is 2.70. The lowest BCUT2D eigenvalue weighted by molar-refractivity contribution is 0.275. The molecule has 5 heteroatoms. The van der Waals surface area contributed by atoms with Gasteiger partial charge in [-0.05, 0) is 37.0 Å². The number of rotatable bonds is 6. The number of aliphatic hydroxyl groups is 1. The van der Waals surface area contributed by atoms with Crippen molar-refractivity contribution in [2.24, 2.45) is 11.7 Å². The number of benzene rings is 1. The highest BCUT2D eigenvalue weighted by atomic mass is 32.2. The molecule has 2 aromatic rings. The molecule has 2 rings (SSSR count). The Labute approximate surface area is 124 Å².